The molecular weight excluding hydrogens is 337 g/mol. The van der Waals surface area contributed by atoms with Gasteiger partial charge in [-0.15, -0.1) is 0 Å². The van der Waals surface area contributed by atoms with Crippen molar-refractivity contribution in [3.8, 4) is 5.69 Å². The van der Waals surface area contributed by atoms with Gasteiger partial charge in [-0.1, -0.05) is 47.7 Å². The van der Waals surface area contributed by atoms with Crippen molar-refractivity contribution in [3.63, 3.8) is 0 Å². The van der Waals surface area contributed by atoms with Gasteiger partial charge in [-0.25, -0.2) is 9.37 Å². The van der Waals surface area contributed by atoms with Crippen molar-refractivity contribution >= 4 is 17.7 Å². The van der Waals surface area contributed by atoms with Gasteiger partial charge in [0.1, 0.15) is 5.82 Å². The molecule has 0 atom stereocenters. The van der Waals surface area contributed by atoms with Crippen LogP contribution in [0.2, 0.25) is 0 Å². The molecule has 0 fully saturated rings. The number of halogens is 1. The number of nitrogens with one attached hydrogen (secondary N) is 1. The molecule has 3 rings (SSSR count). The molecule has 3 aromatic rings. The summed E-state index contributed by atoms with van der Waals surface area (Å²) < 4.78 is 15.2. The molecule has 1 heterocycles. The lowest BCUT2D eigenvalue weighted by Crippen LogP contribution is -2.24. The first-order valence-electron chi connectivity index (χ1n) is 7.86. The number of aromatic nitrogens is 2. The molecule has 0 aliphatic carbocycles. The monoisotopic (exact) mass is 355 g/mol. The standard InChI is InChI=1S/C19H18FN3OS/c1-14-5-7-15(8-6-14)12-22-18(24)13-25-19-21-9-10-23(19)17-4-2-3-16(20)11-17/h2-11H,12-13H2,1H3,(H,22,24). The highest BCUT2D eigenvalue weighted by atomic mass is 32.2. The summed E-state index contributed by atoms with van der Waals surface area (Å²) in [7, 11) is 0. The van der Waals surface area contributed by atoms with Gasteiger partial charge in [0.2, 0.25) is 5.91 Å². The number of rotatable bonds is 6. The van der Waals surface area contributed by atoms with Crippen LogP contribution in [0.15, 0.2) is 66.1 Å². The van der Waals surface area contributed by atoms with Gasteiger partial charge in [-0.05, 0) is 30.7 Å². The number of hydrogen-bond acceptors (Lipinski definition) is 3. The fourth-order valence-corrected chi connectivity index (χ4v) is 3.11. The zero-order valence-corrected chi connectivity index (χ0v) is 14.6. The molecule has 0 aliphatic heterocycles. The zero-order chi connectivity index (χ0) is 17.6. The first kappa shape index (κ1) is 17.2. The van der Waals surface area contributed by atoms with Crippen molar-refractivity contribution in [3.05, 3.63) is 77.9 Å². The SMILES string of the molecule is Cc1ccc(CNC(=O)CSc2nccn2-c2cccc(F)c2)cc1. The van der Waals surface area contributed by atoms with Gasteiger partial charge in [0.15, 0.2) is 5.16 Å². The lowest BCUT2D eigenvalue weighted by Gasteiger charge is -2.08. The third-order valence-electron chi connectivity index (χ3n) is 3.64. The minimum Gasteiger partial charge on any atom is -0.351 e. The first-order valence-corrected chi connectivity index (χ1v) is 8.85. The van der Waals surface area contributed by atoms with Crippen LogP contribution in [0.25, 0.3) is 5.69 Å². The van der Waals surface area contributed by atoms with E-state index in [1.54, 1.807) is 29.1 Å². The van der Waals surface area contributed by atoms with E-state index in [0.29, 0.717) is 17.4 Å². The molecule has 0 radical (unpaired) electrons. The summed E-state index contributed by atoms with van der Waals surface area (Å²) in [6.07, 6.45) is 3.39. The van der Waals surface area contributed by atoms with Crippen LogP contribution in [0.5, 0.6) is 0 Å². The minimum absolute atomic E-state index is 0.0700. The van der Waals surface area contributed by atoms with E-state index < -0.39 is 0 Å². The molecule has 6 heteroatoms. The maximum atomic E-state index is 13.4. The Labute approximate surface area is 150 Å². The molecule has 4 nitrogen and oxygen atoms in total. The van der Waals surface area contributed by atoms with Crippen molar-refractivity contribution < 1.29 is 9.18 Å². The molecule has 0 unspecified atom stereocenters. The van der Waals surface area contributed by atoms with E-state index in [2.05, 4.69) is 10.3 Å². The molecule has 1 aromatic heterocycles. The van der Waals surface area contributed by atoms with E-state index in [9.17, 15) is 9.18 Å². The van der Waals surface area contributed by atoms with Crippen molar-refractivity contribution in [1.82, 2.24) is 14.9 Å². The lowest BCUT2D eigenvalue weighted by molar-refractivity contribution is -0.118. The van der Waals surface area contributed by atoms with Gasteiger partial charge < -0.3 is 5.32 Å². The highest BCUT2D eigenvalue weighted by molar-refractivity contribution is 7.99. The summed E-state index contributed by atoms with van der Waals surface area (Å²) in [5.74, 6) is -0.129. The Bertz CT molecular complexity index is 861. The largest absolute Gasteiger partial charge is 0.351 e. The maximum absolute atomic E-state index is 13.4. The van der Waals surface area contributed by atoms with Crippen LogP contribution in [0.4, 0.5) is 4.39 Å². The van der Waals surface area contributed by atoms with Gasteiger partial charge in [0.25, 0.3) is 0 Å². The molecule has 0 bridgehead atoms. The van der Waals surface area contributed by atoms with Crippen LogP contribution in [0.1, 0.15) is 11.1 Å². The molecule has 0 saturated carbocycles. The normalized spacial score (nSPS) is 10.6. The molecule has 0 aliphatic rings. The number of carbonyl (C=O) groups excluding carboxylic acids is 1. The Kier molecular flexibility index (Phi) is 5.50. The van der Waals surface area contributed by atoms with Gasteiger partial charge >= 0.3 is 0 Å². The zero-order valence-electron chi connectivity index (χ0n) is 13.8. The van der Waals surface area contributed by atoms with E-state index in [1.165, 1.54) is 29.5 Å². The van der Waals surface area contributed by atoms with Crippen molar-refractivity contribution in [2.45, 2.75) is 18.6 Å². The molecule has 1 amide bonds. The summed E-state index contributed by atoms with van der Waals surface area (Å²) in [4.78, 5) is 16.3. The Balaban J connectivity index is 1.56. The van der Waals surface area contributed by atoms with Crippen LogP contribution in [-0.2, 0) is 11.3 Å². The first-order chi connectivity index (χ1) is 12.1. The number of benzene rings is 2. The number of carbonyl (C=O) groups is 1. The molecule has 0 spiro atoms. The van der Waals surface area contributed by atoms with Crippen LogP contribution < -0.4 is 5.32 Å². The average molecular weight is 355 g/mol. The second-order valence-corrected chi connectivity index (χ2v) is 6.55. The number of aryl methyl sites for hydroxylation is 1. The summed E-state index contributed by atoms with van der Waals surface area (Å²) in [5.41, 5.74) is 2.93. The summed E-state index contributed by atoms with van der Waals surface area (Å²) >= 11 is 1.32. The summed E-state index contributed by atoms with van der Waals surface area (Å²) in [5, 5.41) is 3.54. The molecule has 25 heavy (non-hydrogen) atoms. The Morgan fingerprint density at radius 3 is 2.80 bits per heavy atom. The van der Waals surface area contributed by atoms with Gasteiger partial charge in [0.05, 0.1) is 11.4 Å². The van der Waals surface area contributed by atoms with Crippen molar-refractivity contribution in [2.75, 3.05) is 5.75 Å². The Hall–Kier alpha value is -2.60. The Morgan fingerprint density at radius 1 is 1.24 bits per heavy atom. The maximum Gasteiger partial charge on any atom is 0.230 e. The fourth-order valence-electron chi connectivity index (χ4n) is 2.31. The van der Waals surface area contributed by atoms with E-state index >= 15 is 0 Å². The molecule has 1 N–H and O–H groups in total. The highest BCUT2D eigenvalue weighted by Gasteiger charge is 2.09. The predicted octanol–water partition coefficient (Wildman–Crippen LogP) is 3.73. The number of amides is 1. The third-order valence-corrected chi connectivity index (χ3v) is 4.60. The quantitative estimate of drug-likeness (QED) is 0.686. The van der Waals surface area contributed by atoms with E-state index in [-0.39, 0.29) is 17.5 Å². The fraction of sp³-hybridized carbons (Fsp3) is 0.158. The smallest absolute Gasteiger partial charge is 0.230 e. The van der Waals surface area contributed by atoms with Crippen LogP contribution >= 0.6 is 11.8 Å². The topological polar surface area (TPSA) is 46.9 Å². The lowest BCUT2D eigenvalue weighted by atomic mass is 10.1. The van der Waals surface area contributed by atoms with Gasteiger partial charge in [-0.3, -0.25) is 9.36 Å². The van der Waals surface area contributed by atoms with Crippen molar-refractivity contribution in [1.29, 1.82) is 0 Å². The highest BCUT2D eigenvalue weighted by Crippen LogP contribution is 2.20. The molecule has 128 valence electrons. The van der Waals surface area contributed by atoms with Gasteiger partial charge in [0, 0.05) is 18.9 Å². The second kappa shape index (κ2) is 7.98. The minimum atomic E-state index is -0.307. The van der Waals surface area contributed by atoms with Gasteiger partial charge in [-0.2, -0.15) is 0 Å². The van der Waals surface area contributed by atoms with E-state index in [4.69, 9.17) is 0 Å². The third kappa shape index (κ3) is 4.70. The second-order valence-electron chi connectivity index (χ2n) is 5.61. The average Bonchev–Trinajstić information content (AvgIpc) is 3.08. The van der Waals surface area contributed by atoms with Crippen LogP contribution in [0, 0.1) is 12.7 Å². The van der Waals surface area contributed by atoms with Crippen LogP contribution in [0.3, 0.4) is 0 Å². The number of hydrogen-bond donors (Lipinski definition) is 1. The van der Waals surface area contributed by atoms with E-state index in [1.807, 2.05) is 31.2 Å². The molecule has 2 aromatic carbocycles. The molecular formula is C19H18FN3OS. The van der Waals surface area contributed by atoms with E-state index in [0.717, 1.165) is 5.56 Å². The number of imidazole rings is 1. The summed E-state index contributed by atoms with van der Waals surface area (Å²) in [6.45, 7) is 2.53. The predicted molar refractivity (Wildman–Crippen MR) is 97.3 cm³/mol. The van der Waals surface area contributed by atoms with Crippen molar-refractivity contribution in [2.24, 2.45) is 0 Å². The molecule has 0 saturated heterocycles. The number of thioether (sulfide) groups is 1. The Morgan fingerprint density at radius 2 is 2.04 bits per heavy atom. The summed E-state index contributed by atoms with van der Waals surface area (Å²) in [6, 6.07) is 14.3. The van der Waals surface area contributed by atoms with Crippen LogP contribution in [-0.4, -0.2) is 21.2 Å². The number of nitrogens with zero attached hydrogens (tertiary/aromatic N) is 2.